The van der Waals surface area contributed by atoms with Gasteiger partial charge in [0.2, 0.25) is 0 Å². The van der Waals surface area contributed by atoms with Gasteiger partial charge < -0.3 is 0 Å². The van der Waals surface area contributed by atoms with Gasteiger partial charge >= 0.3 is 12.1 Å². The molecule has 0 atom stereocenters. The standard InChI is InChI=1S/C3Cl3N3O2/c4-3(5,6)9-1(10)7-8-2(9)11. The van der Waals surface area contributed by atoms with Crippen LogP contribution in [0.3, 0.4) is 0 Å². The van der Waals surface area contributed by atoms with E-state index in [2.05, 4.69) is 10.2 Å². The van der Waals surface area contributed by atoms with Crippen LogP contribution in [0.2, 0.25) is 0 Å². The Kier molecular flexibility index (Phi) is 2.04. The van der Waals surface area contributed by atoms with E-state index in [0.29, 0.717) is 4.90 Å². The van der Waals surface area contributed by atoms with Crippen molar-refractivity contribution in [3.05, 3.63) is 0 Å². The Hall–Kier alpha value is -0.390. The lowest BCUT2D eigenvalue weighted by atomic mass is 10.8. The van der Waals surface area contributed by atoms with Crippen molar-refractivity contribution in [3.63, 3.8) is 0 Å². The van der Waals surface area contributed by atoms with Crippen molar-refractivity contribution in [1.29, 1.82) is 0 Å². The molecule has 1 aliphatic rings. The average Bonchev–Trinajstić information content (AvgIpc) is 2.08. The molecule has 1 aliphatic heterocycles. The number of carbonyl (C=O) groups excluding carboxylic acids is 2. The molecular weight excluding hydrogens is 216 g/mol. The highest BCUT2D eigenvalue weighted by atomic mass is 35.6. The van der Waals surface area contributed by atoms with Gasteiger partial charge in [-0.15, -0.1) is 0 Å². The van der Waals surface area contributed by atoms with E-state index in [9.17, 15) is 9.59 Å². The van der Waals surface area contributed by atoms with Crippen molar-refractivity contribution >= 4 is 46.9 Å². The smallest absolute Gasteiger partial charge is 0.244 e. The number of amides is 4. The van der Waals surface area contributed by atoms with Gasteiger partial charge in [-0.2, -0.15) is 4.90 Å². The van der Waals surface area contributed by atoms with Crippen LogP contribution in [0.5, 0.6) is 0 Å². The van der Waals surface area contributed by atoms with Gasteiger partial charge in [-0.05, 0) is 0 Å². The Morgan fingerprint density at radius 1 is 1.09 bits per heavy atom. The molecule has 60 valence electrons. The minimum atomic E-state index is -2.11. The molecule has 1 rings (SSSR count). The summed E-state index contributed by atoms with van der Waals surface area (Å²) in [4.78, 5) is 21.6. The van der Waals surface area contributed by atoms with Crippen molar-refractivity contribution in [2.24, 2.45) is 10.2 Å². The molecule has 0 unspecified atom stereocenters. The lowest BCUT2D eigenvalue weighted by Gasteiger charge is -2.18. The highest BCUT2D eigenvalue weighted by Gasteiger charge is 2.43. The first-order chi connectivity index (χ1) is 4.93. The summed E-state index contributed by atoms with van der Waals surface area (Å²) in [6.07, 6.45) is 0. The molecule has 0 aromatic heterocycles. The summed E-state index contributed by atoms with van der Waals surface area (Å²) in [7, 11) is 0. The van der Waals surface area contributed by atoms with Crippen molar-refractivity contribution < 1.29 is 9.59 Å². The molecule has 0 aromatic carbocycles. The van der Waals surface area contributed by atoms with Crippen molar-refractivity contribution in [2.75, 3.05) is 0 Å². The second-order valence-corrected chi connectivity index (χ2v) is 3.79. The third-order valence-corrected chi connectivity index (χ3v) is 1.36. The SMILES string of the molecule is O=C1N=NC(=O)N1C(Cl)(Cl)Cl. The van der Waals surface area contributed by atoms with Crippen LogP contribution in [0.25, 0.3) is 0 Å². The van der Waals surface area contributed by atoms with Gasteiger partial charge in [-0.25, -0.2) is 9.59 Å². The molecule has 5 nitrogen and oxygen atoms in total. The van der Waals surface area contributed by atoms with Crippen LogP contribution in [-0.4, -0.2) is 20.9 Å². The van der Waals surface area contributed by atoms with Crippen molar-refractivity contribution in [1.82, 2.24) is 4.90 Å². The van der Waals surface area contributed by atoms with E-state index in [0.717, 1.165) is 0 Å². The number of halogens is 3. The molecule has 0 saturated carbocycles. The van der Waals surface area contributed by atoms with Crippen molar-refractivity contribution in [2.45, 2.75) is 3.92 Å². The summed E-state index contributed by atoms with van der Waals surface area (Å²) in [5.41, 5.74) is 0. The highest BCUT2D eigenvalue weighted by molar-refractivity contribution is 6.68. The molecule has 0 N–H and O–H groups in total. The van der Waals surface area contributed by atoms with E-state index in [-0.39, 0.29) is 0 Å². The van der Waals surface area contributed by atoms with Gasteiger partial charge in [0.05, 0.1) is 0 Å². The minimum absolute atomic E-state index is 0.317. The van der Waals surface area contributed by atoms with E-state index >= 15 is 0 Å². The monoisotopic (exact) mass is 215 g/mol. The number of imide groups is 1. The maximum absolute atomic E-state index is 10.6. The van der Waals surface area contributed by atoms with Crippen LogP contribution in [0, 0.1) is 0 Å². The highest BCUT2D eigenvalue weighted by Crippen LogP contribution is 2.33. The maximum atomic E-state index is 10.6. The van der Waals surface area contributed by atoms with E-state index in [1.165, 1.54) is 0 Å². The second-order valence-electron chi connectivity index (χ2n) is 1.57. The van der Waals surface area contributed by atoms with E-state index < -0.39 is 16.0 Å². The Morgan fingerprint density at radius 3 is 1.64 bits per heavy atom. The number of carbonyl (C=O) groups is 2. The molecule has 0 fully saturated rings. The number of nitrogens with zero attached hydrogens (tertiary/aromatic N) is 3. The number of rotatable bonds is 0. The Bertz CT molecular complexity index is 227. The summed E-state index contributed by atoms with van der Waals surface area (Å²) in [6, 6.07) is -1.95. The Labute approximate surface area is 75.9 Å². The second kappa shape index (κ2) is 2.58. The van der Waals surface area contributed by atoms with Crippen LogP contribution in [0.4, 0.5) is 9.59 Å². The normalized spacial score (nSPS) is 18.3. The summed E-state index contributed by atoms with van der Waals surface area (Å²) >= 11 is 15.7. The van der Waals surface area contributed by atoms with Gasteiger partial charge in [0.15, 0.2) is 0 Å². The summed E-state index contributed by atoms with van der Waals surface area (Å²) in [5.74, 6) is 0. The third kappa shape index (κ3) is 1.61. The van der Waals surface area contributed by atoms with Gasteiger partial charge in [-0.3, -0.25) is 0 Å². The predicted octanol–water partition coefficient (Wildman–Crippen LogP) is 2.32. The molecule has 4 amide bonds. The first kappa shape index (κ1) is 8.70. The molecule has 1 heterocycles. The van der Waals surface area contributed by atoms with E-state index in [1.807, 2.05) is 0 Å². The molecule has 0 aromatic rings. The van der Waals surface area contributed by atoms with Gasteiger partial charge in [0.25, 0.3) is 3.92 Å². The lowest BCUT2D eigenvalue weighted by Crippen LogP contribution is -2.38. The quantitative estimate of drug-likeness (QED) is 0.461. The molecule has 0 saturated heterocycles. The number of alkyl halides is 3. The molecule has 11 heavy (non-hydrogen) atoms. The number of azo groups is 1. The topological polar surface area (TPSA) is 62.1 Å². The zero-order valence-corrected chi connectivity index (χ0v) is 7.06. The van der Waals surface area contributed by atoms with Crippen LogP contribution < -0.4 is 0 Å². The van der Waals surface area contributed by atoms with Gasteiger partial charge in [0, 0.05) is 0 Å². The minimum Gasteiger partial charge on any atom is -0.244 e. The predicted molar refractivity (Wildman–Crippen MR) is 37.8 cm³/mol. The zero-order valence-electron chi connectivity index (χ0n) is 4.79. The summed E-state index contributed by atoms with van der Waals surface area (Å²) in [6.45, 7) is 0. The number of hydrogen-bond donors (Lipinski definition) is 0. The first-order valence-corrected chi connectivity index (χ1v) is 3.43. The summed E-state index contributed by atoms with van der Waals surface area (Å²) in [5, 5.41) is 5.75. The molecular formula is C3Cl3N3O2. The number of urea groups is 2. The largest absolute Gasteiger partial charge is 0.374 e. The van der Waals surface area contributed by atoms with E-state index in [4.69, 9.17) is 34.8 Å². The van der Waals surface area contributed by atoms with Gasteiger partial charge in [0.1, 0.15) is 0 Å². The lowest BCUT2D eigenvalue weighted by molar-refractivity contribution is 0.205. The fraction of sp³-hybridized carbons (Fsp3) is 0.333. The Balaban J connectivity index is 2.91. The molecule has 0 spiro atoms. The fourth-order valence-corrected chi connectivity index (χ4v) is 0.908. The van der Waals surface area contributed by atoms with Gasteiger partial charge in [-0.1, -0.05) is 45.0 Å². The fourth-order valence-electron chi connectivity index (χ4n) is 0.474. The maximum Gasteiger partial charge on any atom is 0.374 e. The zero-order chi connectivity index (χ0) is 8.65. The van der Waals surface area contributed by atoms with Crippen LogP contribution >= 0.6 is 34.8 Å². The molecule has 8 heteroatoms. The van der Waals surface area contributed by atoms with Crippen LogP contribution in [0.1, 0.15) is 0 Å². The molecule has 0 radical (unpaired) electrons. The third-order valence-electron chi connectivity index (χ3n) is 0.857. The summed E-state index contributed by atoms with van der Waals surface area (Å²) < 4.78 is -2.11. The first-order valence-electron chi connectivity index (χ1n) is 2.29. The van der Waals surface area contributed by atoms with E-state index in [1.54, 1.807) is 0 Å². The number of hydrogen-bond acceptors (Lipinski definition) is 2. The average molecular weight is 216 g/mol. The van der Waals surface area contributed by atoms with Crippen LogP contribution in [-0.2, 0) is 0 Å². The molecule has 0 aliphatic carbocycles. The van der Waals surface area contributed by atoms with Crippen molar-refractivity contribution in [3.8, 4) is 0 Å². The Morgan fingerprint density at radius 2 is 1.45 bits per heavy atom. The van der Waals surface area contributed by atoms with Crippen LogP contribution in [0.15, 0.2) is 10.2 Å². The molecule has 0 bridgehead atoms.